The second-order valence-corrected chi connectivity index (χ2v) is 6.61. The number of hydrogen-bond acceptors (Lipinski definition) is 3. The summed E-state index contributed by atoms with van der Waals surface area (Å²) in [6.07, 6.45) is 0.896. The van der Waals surface area contributed by atoms with Crippen LogP contribution in [0, 0.1) is 0 Å². The highest BCUT2D eigenvalue weighted by atomic mass is 32.1. The third-order valence-electron chi connectivity index (χ3n) is 4.17. The normalized spacial score (nSPS) is 11.0. The predicted molar refractivity (Wildman–Crippen MR) is 101 cm³/mol. The fraction of sp³-hybridized carbons (Fsp3) is 0.0952. The van der Waals surface area contributed by atoms with Crippen LogP contribution in [0.25, 0.3) is 33.4 Å². The van der Waals surface area contributed by atoms with Crippen molar-refractivity contribution in [2.24, 2.45) is 0 Å². The lowest BCUT2D eigenvalue weighted by Gasteiger charge is -2.10. The first-order valence-corrected chi connectivity index (χ1v) is 8.85. The highest BCUT2D eigenvalue weighted by Gasteiger charge is 2.20. The Bertz CT molecular complexity index is 1060. The minimum atomic E-state index is 0.0313. The molecule has 0 spiro atoms. The largest absolute Gasteiger partial charge is 0.455 e. The molecule has 4 aromatic rings. The van der Waals surface area contributed by atoms with E-state index in [4.69, 9.17) is 4.42 Å². The van der Waals surface area contributed by atoms with E-state index in [9.17, 15) is 4.79 Å². The third-order valence-corrected chi connectivity index (χ3v) is 5.23. The van der Waals surface area contributed by atoms with Gasteiger partial charge in [0.05, 0.1) is 10.9 Å². The number of rotatable bonds is 3. The SMILES string of the molecule is CCc1sccc1-c1c(-c2ccccc2)oc2ccccc2c1=O. The zero-order valence-electron chi connectivity index (χ0n) is 13.3. The van der Waals surface area contributed by atoms with Gasteiger partial charge in [0.2, 0.25) is 5.43 Å². The quantitative estimate of drug-likeness (QED) is 0.478. The molecule has 0 bridgehead atoms. The van der Waals surface area contributed by atoms with Crippen LogP contribution in [0.1, 0.15) is 11.8 Å². The number of fused-ring (bicyclic) bond motifs is 1. The zero-order valence-corrected chi connectivity index (χ0v) is 14.1. The fourth-order valence-corrected chi connectivity index (χ4v) is 3.85. The molecule has 2 aromatic heterocycles. The van der Waals surface area contributed by atoms with Crippen LogP contribution in [-0.2, 0) is 6.42 Å². The molecule has 24 heavy (non-hydrogen) atoms. The number of thiophene rings is 1. The highest BCUT2D eigenvalue weighted by Crippen LogP contribution is 2.36. The smallest absolute Gasteiger partial charge is 0.201 e. The lowest BCUT2D eigenvalue weighted by molar-refractivity contribution is 0.620. The second-order valence-electron chi connectivity index (χ2n) is 5.61. The van der Waals surface area contributed by atoms with Crippen molar-refractivity contribution in [3.8, 4) is 22.5 Å². The summed E-state index contributed by atoms with van der Waals surface area (Å²) >= 11 is 1.68. The van der Waals surface area contributed by atoms with E-state index in [1.165, 1.54) is 4.88 Å². The molecule has 0 unspecified atom stereocenters. The zero-order chi connectivity index (χ0) is 16.5. The number of para-hydroxylation sites is 1. The van der Waals surface area contributed by atoms with Crippen molar-refractivity contribution in [3.05, 3.63) is 81.1 Å². The molecule has 0 radical (unpaired) electrons. The molecule has 2 aromatic carbocycles. The standard InChI is InChI=1S/C21H16O2S/c1-2-18-16(12-13-24-18)19-20(22)15-10-6-7-11-17(15)23-21(19)14-8-4-3-5-9-14/h3-13H,2H2,1H3. The van der Waals surface area contributed by atoms with Gasteiger partial charge in [0, 0.05) is 16.0 Å². The van der Waals surface area contributed by atoms with E-state index in [0.29, 0.717) is 22.3 Å². The Morgan fingerprint density at radius 2 is 1.71 bits per heavy atom. The van der Waals surface area contributed by atoms with Crippen molar-refractivity contribution in [1.29, 1.82) is 0 Å². The van der Waals surface area contributed by atoms with E-state index in [1.54, 1.807) is 11.3 Å². The number of hydrogen-bond donors (Lipinski definition) is 0. The van der Waals surface area contributed by atoms with Gasteiger partial charge in [-0.3, -0.25) is 4.79 Å². The Labute approximate surface area is 144 Å². The minimum absolute atomic E-state index is 0.0313. The second kappa shape index (κ2) is 6.10. The van der Waals surface area contributed by atoms with E-state index in [2.05, 4.69) is 6.92 Å². The van der Waals surface area contributed by atoms with Crippen molar-refractivity contribution in [3.63, 3.8) is 0 Å². The van der Waals surface area contributed by atoms with Gasteiger partial charge in [-0.2, -0.15) is 0 Å². The van der Waals surface area contributed by atoms with Gasteiger partial charge in [0.25, 0.3) is 0 Å². The average molecular weight is 332 g/mol. The molecule has 118 valence electrons. The van der Waals surface area contributed by atoms with Crippen LogP contribution in [0.15, 0.2) is 75.3 Å². The van der Waals surface area contributed by atoms with Gasteiger partial charge in [0.1, 0.15) is 11.3 Å². The Morgan fingerprint density at radius 1 is 0.958 bits per heavy atom. The summed E-state index contributed by atoms with van der Waals surface area (Å²) in [6, 6.07) is 19.3. The first-order valence-electron chi connectivity index (χ1n) is 7.97. The van der Waals surface area contributed by atoms with Crippen molar-refractivity contribution < 1.29 is 4.42 Å². The van der Waals surface area contributed by atoms with Crippen LogP contribution < -0.4 is 5.43 Å². The van der Waals surface area contributed by atoms with Gasteiger partial charge in [-0.15, -0.1) is 11.3 Å². The van der Waals surface area contributed by atoms with Crippen LogP contribution >= 0.6 is 11.3 Å². The van der Waals surface area contributed by atoms with Gasteiger partial charge in [-0.1, -0.05) is 49.4 Å². The Hall–Kier alpha value is -2.65. The third kappa shape index (κ3) is 2.38. The van der Waals surface area contributed by atoms with Gasteiger partial charge in [0.15, 0.2) is 0 Å². The van der Waals surface area contributed by atoms with Gasteiger partial charge in [-0.25, -0.2) is 0 Å². The monoisotopic (exact) mass is 332 g/mol. The molecule has 2 nitrogen and oxygen atoms in total. The van der Waals surface area contributed by atoms with Crippen LogP contribution in [0.3, 0.4) is 0 Å². The van der Waals surface area contributed by atoms with Crippen molar-refractivity contribution in [2.45, 2.75) is 13.3 Å². The maximum Gasteiger partial charge on any atom is 0.201 e. The molecule has 0 aliphatic rings. The van der Waals surface area contributed by atoms with E-state index in [-0.39, 0.29) is 5.43 Å². The van der Waals surface area contributed by atoms with Gasteiger partial charge >= 0.3 is 0 Å². The topological polar surface area (TPSA) is 30.2 Å². The summed E-state index contributed by atoms with van der Waals surface area (Å²) in [6.45, 7) is 2.11. The summed E-state index contributed by atoms with van der Waals surface area (Å²) in [5.74, 6) is 0.646. The molecule has 0 saturated heterocycles. The van der Waals surface area contributed by atoms with Crippen molar-refractivity contribution in [1.82, 2.24) is 0 Å². The molecule has 0 atom stereocenters. The summed E-state index contributed by atoms with van der Waals surface area (Å²) in [5, 5.41) is 2.66. The molecule has 0 aliphatic heterocycles. The summed E-state index contributed by atoms with van der Waals surface area (Å²) in [7, 11) is 0. The van der Waals surface area contributed by atoms with E-state index in [0.717, 1.165) is 17.5 Å². The molecule has 0 aliphatic carbocycles. The molecule has 0 saturated carbocycles. The first-order chi connectivity index (χ1) is 11.8. The van der Waals surface area contributed by atoms with E-state index < -0.39 is 0 Å². The van der Waals surface area contributed by atoms with Crippen LogP contribution in [-0.4, -0.2) is 0 Å². The Morgan fingerprint density at radius 3 is 2.50 bits per heavy atom. The van der Waals surface area contributed by atoms with Crippen molar-refractivity contribution in [2.75, 3.05) is 0 Å². The van der Waals surface area contributed by atoms with Crippen LogP contribution in [0.2, 0.25) is 0 Å². The molecule has 0 fully saturated rings. The lowest BCUT2D eigenvalue weighted by Crippen LogP contribution is -2.07. The molecule has 2 heterocycles. The van der Waals surface area contributed by atoms with Gasteiger partial charge in [-0.05, 0) is 30.0 Å². The Balaban J connectivity index is 2.14. The van der Waals surface area contributed by atoms with Crippen LogP contribution in [0.4, 0.5) is 0 Å². The molecular formula is C21H16O2S. The Kier molecular flexibility index (Phi) is 3.79. The molecule has 0 N–H and O–H groups in total. The maximum absolute atomic E-state index is 13.2. The number of aryl methyl sites for hydroxylation is 1. The van der Waals surface area contributed by atoms with Crippen molar-refractivity contribution >= 4 is 22.3 Å². The summed E-state index contributed by atoms with van der Waals surface area (Å²) < 4.78 is 6.19. The summed E-state index contributed by atoms with van der Waals surface area (Å²) in [4.78, 5) is 14.4. The van der Waals surface area contributed by atoms with E-state index in [1.807, 2.05) is 66.0 Å². The molecular weight excluding hydrogens is 316 g/mol. The summed E-state index contributed by atoms with van der Waals surface area (Å²) in [5.41, 5.74) is 3.23. The molecule has 0 amide bonds. The van der Waals surface area contributed by atoms with Gasteiger partial charge < -0.3 is 4.42 Å². The lowest BCUT2D eigenvalue weighted by atomic mass is 9.98. The van der Waals surface area contributed by atoms with E-state index >= 15 is 0 Å². The number of benzene rings is 2. The average Bonchev–Trinajstić information content (AvgIpc) is 3.10. The minimum Gasteiger partial charge on any atom is -0.455 e. The maximum atomic E-state index is 13.2. The molecule has 3 heteroatoms. The predicted octanol–water partition coefficient (Wildman–Crippen LogP) is 5.75. The first kappa shape index (κ1) is 14.9. The fourth-order valence-electron chi connectivity index (χ4n) is 3.02. The molecule has 4 rings (SSSR count). The highest BCUT2D eigenvalue weighted by molar-refractivity contribution is 7.10. The van der Waals surface area contributed by atoms with Crippen LogP contribution in [0.5, 0.6) is 0 Å².